The van der Waals surface area contributed by atoms with Gasteiger partial charge in [0.1, 0.15) is 11.4 Å². The molecular weight excluding hydrogens is 486 g/mol. The monoisotopic (exact) mass is 521 g/mol. The third kappa shape index (κ3) is 8.30. The van der Waals surface area contributed by atoms with Gasteiger partial charge in [-0.25, -0.2) is 4.79 Å². The van der Waals surface area contributed by atoms with Gasteiger partial charge in [0.05, 0.1) is 12.3 Å². The molecule has 0 aliphatic heterocycles. The molecule has 0 saturated heterocycles. The maximum atomic E-state index is 12.7. The van der Waals surface area contributed by atoms with E-state index in [2.05, 4.69) is 29.2 Å². The first kappa shape index (κ1) is 27.6. The van der Waals surface area contributed by atoms with Gasteiger partial charge in [-0.05, 0) is 80.5 Å². The molecule has 0 aliphatic carbocycles. The molecule has 5 heteroatoms. The predicted molar refractivity (Wildman–Crippen MR) is 155 cm³/mol. The smallest absolute Gasteiger partial charge is 0.334 e. The lowest BCUT2D eigenvalue weighted by Gasteiger charge is -2.19. The van der Waals surface area contributed by atoms with Gasteiger partial charge in [0.25, 0.3) is 5.56 Å². The Morgan fingerprint density at radius 1 is 0.846 bits per heavy atom. The maximum Gasteiger partial charge on any atom is 0.334 e. The van der Waals surface area contributed by atoms with E-state index in [9.17, 15) is 9.59 Å². The largest absolute Gasteiger partial charge is 0.465 e. The lowest BCUT2D eigenvalue weighted by Crippen LogP contribution is -2.22. The van der Waals surface area contributed by atoms with E-state index in [4.69, 9.17) is 9.47 Å². The molecular formula is C34H35NO4. The van der Waals surface area contributed by atoms with Crippen LogP contribution in [0.25, 0.3) is 0 Å². The topological polar surface area (TPSA) is 68.4 Å². The third-order valence-electron chi connectivity index (χ3n) is 6.23. The van der Waals surface area contributed by atoms with E-state index < -0.39 is 11.6 Å². The number of rotatable bonds is 10. The number of carbonyl (C=O) groups is 1. The number of pyridine rings is 1. The minimum Gasteiger partial charge on any atom is -0.465 e. The second-order valence-corrected chi connectivity index (χ2v) is 10.5. The Kier molecular flexibility index (Phi) is 9.16. The van der Waals surface area contributed by atoms with Crippen LogP contribution in [0.1, 0.15) is 60.9 Å². The second-order valence-electron chi connectivity index (χ2n) is 10.5. The molecule has 0 aliphatic rings. The number of aryl methyl sites for hydroxylation is 2. The number of nitrogens with one attached hydrogen (secondary N) is 1. The molecule has 4 aromatic rings. The number of hydrogen-bond donors (Lipinski definition) is 1. The van der Waals surface area contributed by atoms with Crippen molar-refractivity contribution in [1.29, 1.82) is 0 Å². The summed E-state index contributed by atoms with van der Waals surface area (Å²) in [6.07, 6.45) is 6.71. The molecule has 0 amide bonds. The lowest BCUT2D eigenvalue weighted by atomic mass is 9.85. The van der Waals surface area contributed by atoms with Crippen molar-refractivity contribution >= 4 is 5.97 Å². The van der Waals surface area contributed by atoms with Crippen LogP contribution in [0, 0.1) is 0 Å². The second kappa shape index (κ2) is 12.9. The number of hydrogen-bond acceptors (Lipinski definition) is 4. The molecule has 0 bridgehead atoms. The highest BCUT2D eigenvalue weighted by atomic mass is 16.6. The average molecular weight is 522 g/mol. The van der Waals surface area contributed by atoms with Crippen molar-refractivity contribution in [2.45, 2.75) is 51.6 Å². The van der Waals surface area contributed by atoms with E-state index in [-0.39, 0.29) is 11.5 Å². The van der Waals surface area contributed by atoms with Crippen LogP contribution in [0.4, 0.5) is 0 Å². The molecule has 3 aromatic carbocycles. The summed E-state index contributed by atoms with van der Waals surface area (Å²) in [6.45, 7) is 5.45. The van der Waals surface area contributed by atoms with Crippen LogP contribution in [0.3, 0.4) is 0 Å². The average Bonchev–Trinajstić information content (AvgIpc) is 2.91. The van der Waals surface area contributed by atoms with Crippen molar-refractivity contribution in [1.82, 2.24) is 4.98 Å². The zero-order valence-electron chi connectivity index (χ0n) is 22.7. The van der Waals surface area contributed by atoms with Gasteiger partial charge in [0, 0.05) is 17.7 Å². The van der Waals surface area contributed by atoms with Gasteiger partial charge in [-0.15, -0.1) is 0 Å². The number of carbonyl (C=O) groups excluding carboxylic acids is 1. The first-order valence-corrected chi connectivity index (χ1v) is 13.2. The van der Waals surface area contributed by atoms with Crippen molar-refractivity contribution in [2.24, 2.45) is 0 Å². The van der Waals surface area contributed by atoms with Crippen LogP contribution in [-0.2, 0) is 22.4 Å². The van der Waals surface area contributed by atoms with Crippen LogP contribution in [-0.4, -0.2) is 16.6 Å². The Hall–Kier alpha value is -4.38. The fourth-order valence-corrected chi connectivity index (χ4v) is 4.53. The summed E-state index contributed by atoms with van der Waals surface area (Å²) in [7, 11) is 0. The highest BCUT2D eigenvalue weighted by molar-refractivity contribution is 5.82. The molecule has 39 heavy (non-hydrogen) atoms. The molecule has 1 N–H and O–H groups in total. The fourth-order valence-electron chi connectivity index (χ4n) is 4.53. The quantitative estimate of drug-likeness (QED) is 0.139. The number of aromatic nitrogens is 1. The summed E-state index contributed by atoms with van der Waals surface area (Å²) in [4.78, 5) is 27.5. The first-order chi connectivity index (χ1) is 18.8. The minimum atomic E-state index is -0.549. The van der Waals surface area contributed by atoms with Gasteiger partial charge in [-0.2, -0.15) is 0 Å². The Morgan fingerprint density at radius 3 is 2.15 bits per heavy atom. The molecule has 1 aromatic heterocycles. The van der Waals surface area contributed by atoms with E-state index in [1.807, 2.05) is 93.7 Å². The van der Waals surface area contributed by atoms with Crippen LogP contribution in [0.2, 0.25) is 0 Å². The van der Waals surface area contributed by atoms with Gasteiger partial charge < -0.3 is 14.5 Å². The Morgan fingerprint density at radius 2 is 1.51 bits per heavy atom. The van der Waals surface area contributed by atoms with E-state index in [1.165, 1.54) is 23.5 Å². The van der Waals surface area contributed by atoms with E-state index in [0.717, 1.165) is 29.5 Å². The SMILES string of the molecule is CC(C)(C)OC(=O)C=COc1cccc(CCCc2cc(C(c3ccccc3)c3ccccc3)c[nH]c2=O)c1. The number of benzene rings is 3. The summed E-state index contributed by atoms with van der Waals surface area (Å²) in [5.74, 6) is 0.221. The summed E-state index contributed by atoms with van der Waals surface area (Å²) in [5.41, 5.74) is 4.69. The van der Waals surface area contributed by atoms with Crippen LogP contribution in [0.5, 0.6) is 5.75 Å². The summed E-state index contributed by atoms with van der Waals surface area (Å²) in [6, 6.07) is 30.5. The number of ether oxygens (including phenoxy) is 2. The van der Waals surface area contributed by atoms with Crippen LogP contribution < -0.4 is 10.3 Å². The van der Waals surface area contributed by atoms with E-state index in [1.54, 1.807) is 0 Å². The van der Waals surface area contributed by atoms with Gasteiger partial charge in [0.2, 0.25) is 0 Å². The Labute approximate surface area is 230 Å². The highest BCUT2D eigenvalue weighted by Gasteiger charge is 2.18. The van der Waals surface area contributed by atoms with Crippen molar-refractivity contribution in [3.05, 3.63) is 148 Å². The molecule has 5 nitrogen and oxygen atoms in total. The molecule has 0 spiro atoms. The van der Waals surface area contributed by atoms with Crippen molar-refractivity contribution in [2.75, 3.05) is 0 Å². The first-order valence-electron chi connectivity index (χ1n) is 13.2. The van der Waals surface area contributed by atoms with Crippen LogP contribution in [0.15, 0.2) is 114 Å². The zero-order valence-corrected chi connectivity index (χ0v) is 22.7. The van der Waals surface area contributed by atoms with Gasteiger partial charge in [-0.3, -0.25) is 4.79 Å². The third-order valence-corrected chi connectivity index (χ3v) is 6.23. The molecule has 0 fully saturated rings. The molecule has 4 rings (SSSR count). The molecule has 200 valence electrons. The summed E-state index contributed by atoms with van der Waals surface area (Å²) < 4.78 is 10.8. The Bertz CT molecular complexity index is 1410. The predicted octanol–water partition coefficient (Wildman–Crippen LogP) is 6.96. The minimum absolute atomic E-state index is 0.0329. The normalized spacial score (nSPS) is 11.6. The molecule has 0 saturated carbocycles. The molecule has 0 unspecified atom stereocenters. The van der Waals surface area contributed by atoms with Gasteiger partial charge >= 0.3 is 5.97 Å². The number of esters is 1. The van der Waals surface area contributed by atoms with E-state index in [0.29, 0.717) is 12.2 Å². The number of H-pyrrole nitrogens is 1. The van der Waals surface area contributed by atoms with Crippen molar-refractivity contribution in [3.8, 4) is 5.75 Å². The maximum absolute atomic E-state index is 12.7. The van der Waals surface area contributed by atoms with Crippen molar-refractivity contribution in [3.63, 3.8) is 0 Å². The van der Waals surface area contributed by atoms with Crippen molar-refractivity contribution < 1.29 is 14.3 Å². The van der Waals surface area contributed by atoms with Gasteiger partial charge in [-0.1, -0.05) is 72.8 Å². The standard InChI is InChI=1S/C34H35NO4/c1-34(2,3)39-31(36)20-21-38-30-19-11-13-25(22-30)12-10-18-28-23-29(24-35-33(28)37)32(26-14-6-4-7-15-26)27-16-8-5-9-17-27/h4-9,11,13-17,19-24,32H,10,12,18H2,1-3H3,(H,35,37). The molecule has 0 atom stereocenters. The molecule has 0 radical (unpaired) electrons. The number of aromatic amines is 1. The lowest BCUT2D eigenvalue weighted by molar-refractivity contribution is -0.148. The fraction of sp³-hybridized carbons (Fsp3) is 0.235. The van der Waals surface area contributed by atoms with Gasteiger partial charge in [0.15, 0.2) is 0 Å². The summed E-state index contributed by atoms with van der Waals surface area (Å²) in [5, 5.41) is 0. The summed E-state index contributed by atoms with van der Waals surface area (Å²) >= 11 is 0. The highest BCUT2D eigenvalue weighted by Crippen LogP contribution is 2.31. The van der Waals surface area contributed by atoms with Crippen LogP contribution >= 0.6 is 0 Å². The zero-order chi connectivity index (χ0) is 27.7. The van der Waals surface area contributed by atoms with E-state index >= 15 is 0 Å². The Balaban J connectivity index is 1.42. The molecule has 1 heterocycles.